The van der Waals surface area contributed by atoms with E-state index in [0.717, 1.165) is 6.07 Å². The number of halogens is 4. The Balaban J connectivity index is 1.21. The fourth-order valence-corrected chi connectivity index (χ4v) is 4.50. The van der Waals surface area contributed by atoms with Gasteiger partial charge in [-0.2, -0.15) is 22.7 Å². The van der Waals surface area contributed by atoms with Gasteiger partial charge in [0.25, 0.3) is 5.91 Å². The van der Waals surface area contributed by atoms with E-state index in [1.807, 2.05) is 4.90 Å². The maximum absolute atomic E-state index is 14.0. The summed E-state index contributed by atoms with van der Waals surface area (Å²) in [5.41, 5.74) is 0.945. The second-order valence-corrected chi connectivity index (χ2v) is 9.51. The van der Waals surface area contributed by atoms with Gasteiger partial charge in [-0.3, -0.25) is 4.79 Å². The van der Waals surface area contributed by atoms with Crippen LogP contribution in [0.4, 0.5) is 29.2 Å². The van der Waals surface area contributed by atoms with Crippen LogP contribution in [0.15, 0.2) is 79.1 Å². The quantitative estimate of drug-likeness (QED) is 0.217. The summed E-state index contributed by atoms with van der Waals surface area (Å²) in [6, 6.07) is 16.2. The Kier molecular flexibility index (Phi) is 7.50. The van der Waals surface area contributed by atoms with E-state index in [4.69, 9.17) is 4.74 Å². The fourth-order valence-electron chi connectivity index (χ4n) is 4.50. The van der Waals surface area contributed by atoms with E-state index < -0.39 is 23.7 Å². The lowest BCUT2D eigenvalue weighted by atomic mass is 10.0. The summed E-state index contributed by atoms with van der Waals surface area (Å²) >= 11 is 0. The number of carbonyl (C=O) groups excluding carboxylic acids is 1. The molecular weight excluding hydrogens is 568 g/mol. The van der Waals surface area contributed by atoms with Gasteiger partial charge in [0, 0.05) is 42.2 Å². The molecule has 14 heteroatoms. The Morgan fingerprint density at radius 2 is 1.60 bits per heavy atom. The number of amides is 1. The first kappa shape index (κ1) is 27.9. The Bertz CT molecular complexity index is 1730. The number of ether oxygens (including phenoxy) is 1. The first-order valence-electron chi connectivity index (χ1n) is 13.1. The SMILES string of the molecule is O=C(Nc1ccc(-n2nc(-c3ccc(N4CCOCC4)nc3)cc2C(F)(F)F)nn1)c1cccc(-c2ccc(F)nc2)c1. The van der Waals surface area contributed by atoms with Crippen molar-refractivity contribution < 1.29 is 27.1 Å². The van der Waals surface area contributed by atoms with Gasteiger partial charge in [0.2, 0.25) is 5.95 Å². The van der Waals surface area contributed by atoms with E-state index in [0.29, 0.717) is 53.5 Å². The fraction of sp³-hybridized carbons (Fsp3) is 0.172. The van der Waals surface area contributed by atoms with Crippen molar-refractivity contribution in [2.75, 3.05) is 36.5 Å². The van der Waals surface area contributed by atoms with E-state index in [1.54, 1.807) is 36.4 Å². The van der Waals surface area contributed by atoms with Gasteiger partial charge in [0.05, 0.1) is 18.9 Å². The molecule has 0 aliphatic carbocycles. The van der Waals surface area contributed by atoms with Crippen molar-refractivity contribution in [1.29, 1.82) is 0 Å². The van der Waals surface area contributed by atoms with Crippen LogP contribution in [0.3, 0.4) is 0 Å². The third kappa shape index (κ3) is 6.18. The summed E-state index contributed by atoms with van der Waals surface area (Å²) in [6.45, 7) is 2.51. The van der Waals surface area contributed by atoms with Crippen LogP contribution in [-0.4, -0.2) is 62.2 Å². The first-order valence-corrected chi connectivity index (χ1v) is 13.1. The molecule has 1 N–H and O–H groups in total. The molecule has 0 atom stereocenters. The largest absolute Gasteiger partial charge is 0.433 e. The standard InChI is InChI=1S/C29H22F4N8O2/c30-24-6-4-20(16-34-24)18-2-1-3-19(14-18)28(42)36-25-7-9-27(38-37-25)41-23(29(31,32)33)15-22(39-41)21-5-8-26(35-17-21)40-10-12-43-13-11-40/h1-9,14-17H,10-13H2,(H,36,37,42). The molecule has 5 heterocycles. The Morgan fingerprint density at radius 1 is 0.837 bits per heavy atom. The molecule has 1 aromatic carbocycles. The minimum atomic E-state index is -4.73. The van der Waals surface area contributed by atoms with Gasteiger partial charge in [0.1, 0.15) is 5.82 Å². The lowest BCUT2D eigenvalue weighted by molar-refractivity contribution is -0.142. The number of morpholine rings is 1. The molecule has 1 amide bonds. The Hall–Kier alpha value is -5.24. The molecule has 1 aliphatic heterocycles. The minimum Gasteiger partial charge on any atom is -0.378 e. The predicted molar refractivity (Wildman–Crippen MR) is 148 cm³/mol. The zero-order valence-electron chi connectivity index (χ0n) is 22.3. The third-order valence-electron chi connectivity index (χ3n) is 6.67. The summed E-state index contributed by atoms with van der Waals surface area (Å²) in [4.78, 5) is 22.9. The van der Waals surface area contributed by atoms with Crippen molar-refractivity contribution in [3.05, 3.63) is 96.3 Å². The van der Waals surface area contributed by atoms with Crippen LogP contribution in [0.1, 0.15) is 16.1 Å². The number of carbonyl (C=O) groups is 1. The maximum atomic E-state index is 14.0. The maximum Gasteiger partial charge on any atom is 0.433 e. The van der Waals surface area contributed by atoms with Crippen LogP contribution in [0.2, 0.25) is 0 Å². The van der Waals surface area contributed by atoms with Crippen LogP contribution < -0.4 is 10.2 Å². The number of rotatable bonds is 6. The van der Waals surface area contributed by atoms with Gasteiger partial charge in [-0.15, -0.1) is 10.2 Å². The van der Waals surface area contributed by atoms with Gasteiger partial charge in [-0.25, -0.2) is 14.6 Å². The lowest BCUT2D eigenvalue weighted by Gasteiger charge is -2.27. The number of anilines is 2. The molecule has 1 aliphatic rings. The number of hydrogen-bond acceptors (Lipinski definition) is 8. The highest BCUT2D eigenvalue weighted by Gasteiger charge is 2.37. The molecule has 0 spiro atoms. The van der Waals surface area contributed by atoms with Crippen molar-refractivity contribution in [3.8, 4) is 28.2 Å². The number of benzene rings is 1. The number of nitrogens with one attached hydrogen (secondary N) is 1. The molecular formula is C29H22F4N8O2. The summed E-state index contributed by atoms with van der Waals surface area (Å²) in [6.07, 6.45) is -1.90. The predicted octanol–water partition coefficient (Wildman–Crippen LogP) is 5.03. The van der Waals surface area contributed by atoms with Crippen LogP contribution >= 0.6 is 0 Å². The minimum absolute atomic E-state index is 0.0199. The Labute approximate surface area is 242 Å². The second kappa shape index (κ2) is 11.6. The number of aromatic nitrogens is 6. The zero-order chi connectivity index (χ0) is 30.0. The van der Waals surface area contributed by atoms with Gasteiger partial charge < -0.3 is 15.0 Å². The van der Waals surface area contributed by atoms with E-state index in [1.165, 1.54) is 36.7 Å². The molecule has 6 rings (SSSR count). The number of pyridine rings is 2. The van der Waals surface area contributed by atoms with E-state index in [-0.39, 0.29) is 22.9 Å². The third-order valence-corrected chi connectivity index (χ3v) is 6.67. The smallest absolute Gasteiger partial charge is 0.378 e. The lowest BCUT2D eigenvalue weighted by Crippen LogP contribution is -2.36. The van der Waals surface area contributed by atoms with Crippen LogP contribution in [-0.2, 0) is 10.9 Å². The van der Waals surface area contributed by atoms with Crippen molar-refractivity contribution in [2.24, 2.45) is 0 Å². The van der Waals surface area contributed by atoms with Gasteiger partial charge in [-0.05, 0) is 60.2 Å². The number of hydrogen-bond donors (Lipinski definition) is 1. The van der Waals surface area contributed by atoms with Crippen molar-refractivity contribution >= 4 is 17.5 Å². The zero-order valence-corrected chi connectivity index (χ0v) is 22.3. The van der Waals surface area contributed by atoms with Crippen LogP contribution in [0.25, 0.3) is 28.2 Å². The molecule has 4 aromatic heterocycles. The summed E-state index contributed by atoms with van der Waals surface area (Å²) in [5, 5.41) is 14.5. The molecule has 218 valence electrons. The van der Waals surface area contributed by atoms with Crippen molar-refractivity contribution in [2.45, 2.75) is 6.18 Å². The van der Waals surface area contributed by atoms with Crippen LogP contribution in [0, 0.1) is 5.95 Å². The summed E-state index contributed by atoms with van der Waals surface area (Å²) < 4.78 is 61.0. The molecule has 43 heavy (non-hydrogen) atoms. The highest BCUT2D eigenvalue weighted by atomic mass is 19.4. The van der Waals surface area contributed by atoms with E-state index >= 15 is 0 Å². The summed E-state index contributed by atoms with van der Waals surface area (Å²) in [7, 11) is 0. The molecule has 1 saturated heterocycles. The monoisotopic (exact) mass is 590 g/mol. The molecule has 0 saturated carbocycles. The van der Waals surface area contributed by atoms with E-state index in [2.05, 4.69) is 30.6 Å². The molecule has 0 bridgehead atoms. The van der Waals surface area contributed by atoms with Crippen molar-refractivity contribution in [1.82, 2.24) is 29.9 Å². The molecule has 5 aromatic rings. The first-order chi connectivity index (χ1) is 20.7. The number of alkyl halides is 3. The van der Waals surface area contributed by atoms with Crippen molar-refractivity contribution in [3.63, 3.8) is 0 Å². The molecule has 0 radical (unpaired) electrons. The normalized spacial score (nSPS) is 13.6. The second-order valence-electron chi connectivity index (χ2n) is 9.51. The van der Waals surface area contributed by atoms with Gasteiger partial charge in [-0.1, -0.05) is 12.1 Å². The number of nitrogens with zero attached hydrogens (tertiary/aromatic N) is 7. The van der Waals surface area contributed by atoms with Gasteiger partial charge >= 0.3 is 6.18 Å². The molecule has 0 unspecified atom stereocenters. The average Bonchev–Trinajstić information content (AvgIpc) is 3.49. The van der Waals surface area contributed by atoms with E-state index in [9.17, 15) is 22.4 Å². The van der Waals surface area contributed by atoms with Crippen LogP contribution in [0.5, 0.6) is 0 Å². The summed E-state index contributed by atoms with van der Waals surface area (Å²) in [5.74, 6) is -0.621. The highest BCUT2D eigenvalue weighted by Crippen LogP contribution is 2.34. The molecule has 10 nitrogen and oxygen atoms in total. The highest BCUT2D eigenvalue weighted by molar-refractivity contribution is 6.04. The topological polar surface area (TPSA) is 111 Å². The Morgan fingerprint density at radius 3 is 2.28 bits per heavy atom. The molecule has 1 fully saturated rings. The average molecular weight is 591 g/mol. The van der Waals surface area contributed by atoms with Gasteiger partial charge in [0.15, 0.2) is 17.3 Å².